The summed E-state index contributed by atoms with van der Waals surface area (Å²) in [4.78, 5) is 0. The molecule has 1 fully saturated rings. The number of hydrogen-bond donors (Lipinski definition) is 2. The SMILES string of the molecule is CC1CC(CO)OC1O. The Labute approximate surface area is 54.3 Å². The summed E-state index contributed by atoms with van der Waals surface area (Å²) in [7, 11) is 0. The highest BCUT2D eigenvalue weighted by Gasteiger charge is 2.29. The van der Waals surface area contributed by atoms with Crippen LogP contribution in [0, 0.1) is 5.92 Å². The molecule has 0 radical (unpaired) electrons. The summed E-state index contributed by atoms with van der Waals surface area (Å²) in [6, 6.07) is 0. The van der Waals surface area contributed by atoms with E-state index in [0.717, 1.165) is 6.42 Å². The molecule has 0 aromatic rings. The van der Waals surface area contributed by atoms with Crippen molar-refractivity contribution in [1.82, 2.24) is 0 Å². The predicted octanol–water partition coefficient (Wildman–Crippen LogP) is -0.278. The standard InChI is InChI=1S/C6H12O3/c1-4-2-5(3-7)9-6(4)8/h4-8H,2-3H2,1H3. The minimum atomic E-state index is -0.665. The lowest BCUT2D eigenvalue weighted by atomic mass is 10.1. The third-order valence-electron chi connectivity index (χ3n) is 1.66. The van der Waals surface area contributed by atoms with Crippen LogP contribution < -0.4 is 0 Å². The molecule has 1 aliphatic heterocycles. The van der Waals surface area contributed by atoms with E-state index >= 15 is 0 Å². The van der Waals surface area contributed by atoms with Gasteiger partial charge in [0, 0.05) is 5.92 Å². The Morgan fingerprint density at radius 1 is 1.67 bits per heavy atom. The Morgan fingerprint density at radius 3 is 2.56 bits per heavy atom. The second kappa shape index (κ2) is 2.64. The van der Waals surface area contributed by atoms with Crippen molar-refractivity contribution < 1.29 is 14.9 Å². The quantitative estimate of drug-likeness (QED) is 0.516. The van der Waals surface area contributed by atoms with Gasteiger partial charge < -0.3 is 14.9 Å². The summed E-state index contributed by atoms with van der Waals surface area (Å²) in [5.41, 5.74) is 0. The summed E-state index contributed by atoms with van der Waals surface area (Å²) in [6.07, 6.45) is -0.0466. The van der Waals surface area contributed by atoms with Gasteiger partial charge in [-0.25, -0.2) is 0 Å². The molecule has 0 aliphatic carbocycles. The van der Waals surface area contributed by atoms with Crippen LogP contribution >= 0.6 is 0 Å². The van der Waals surface area contributed by atoms with Crippen LogP contribution in [0.25, 0.3) is 0 Å². The van der Waals surface area contributed by atoms with E-state index < -0.39 is 6.29 Å². The fraction of sp³-hybridized carbons (Fsp3) is 1.00. The summed E-state index contributed by atoms with van der Waals surface area (Å²) in [5, 5.41) is 17.5. The van der Waals surface area contributed by atoms with Gasteiger partial charge in [0.2, 0.25) is 0 Å². The maximum Gasteiger partial charge on any atom is 0.157 e. The van der Waals surface area contributed by atoms with E-state index in [2.05, 4.69) is 0 Å². The van der Waals surface area contributed by atoms with Crippen LogP contribution in [0.1, 0.15) is 13.3 Å². The van der Waals surface area contributed by atoms with Gasteiger partial charge in [-0.1, -0.05) is 6.92 Å². The highest BCUT2D eigenvalue weighted by molar-refractivity contribution is 4.71. The first-order valence-electron chi connectivity index (χ1n) is 3.18. The molecule has 1 aliphatic rings. The van der Waals surface area contributed by atoms with Crippen molar-refractivity contribution in [2.24, 2.45) is 5.92 Å². The van der Waals surface area contributed by atoms with E-state index in [1.165, 1.54) is 0 Å². The molecule has 54 valence electrons. The fourth-order valence-corrected chi connectivity index (χ4v) is 1.04. The van der Waals surface area contributed by atoms with Gasteiger partial charge >= 0.3 is 0 Å². The Morgan fingerprint density at radius 2 is 2.33 bits per heavy atom. The molecule has 0 saturated carbocycles. The van der Waals surface area contributed by atoms with Crippen LogP contribution in [-0.2, 0) is 4.74 Å². The second-order valence-corrected chi connectivity index (χ2v) is 2.54. The van der Waals surface area contributed by atoms with E-state index in [1.807, 2.05) is 6.92 Å². The second-order valence-electron chi connectivity index (χ2n) is 2.54. The summed E-state index contributed by atoms with van der Waals surface area (Å²) in [6.45, 7) is 1.92. The molecule has 0 bridgehead atoms. The van der Waals surface area contributed by atoms with Crippen molar-refractivity contribution >= 4 is 0 Å². The molecular formula is C6H12O3. The van der Waals surface area contributed by atoms with Crippen molar-refractivity contribution in [3.63, 3.8) is 0 Å². The molecule has 1 rings (SSSR count). The monoisotopic (exact) mass is 132 g/mol. The topological polar surface area (TPSA) is 49.7 Å². The first-order chi connectivity index (χ1) is 4.24. The molecule has 2 N–H and O–H groups in total. The molecule has 3 unspecified atom stereocenters. The van der Waals surface area contributed by atoms with Gasteiger partial charge in [0.15, 0.2) is 6.29 Å². The first-order valence-corrected chi connectivity index (χ1v) is 3.18. The molecule has 3 heteroatoms. The molecule has 3 nitrogen and oxygen atoms in total. The number of rotatable bonds is 1. The summed E-state index contributed by atoms with van der Waals surface area (Å²) >= 11 is 0. The van der Waals surface area contributed by atoms with Crippen molar-refractivity contribution in [3.8, 4) is 0 Å². The Balaban J connectivity index is 2.35. The Kier molecular flexibility index (Phi) is 2.05. The number of aliphatic hydroxyl groups is 2. The smallest absolute Gasteiger partial charge is 0.157 e. The minimum Gasteiger partial charge on any atom is -0.394 e. The van der Waals surface area contributed by atoms with Gasteiger partial charge in [0.25, 0.3) is 0 Å². The molecule has 1 saturated heterocycles. The van der Waals surface area contributed by atoms with Crippen LogP contribution in [0.5, 0.6) is 0 Å². The Hall–Kier alpha value is -0.120. The molecular weight excluding hydrogens is 120 g/mol. The van der Waals surface area contributed by atoms with Crippen LogP contribution in [0.4, 0.5) is 0 Å². The lowest BCUT2D eigenvalue weighted by Crippen LogP contribution is -2.14. The van der Waals surface area contributed by atoms with Gasteiger partial charge in [-0.15, -0.1) is 0 Å². The van der Waals surface area contributed by atoms with Crippen LogP contribution in [0.3, 0.4) is 0 Å². The average Bonchev–Trinajstić information content (AvgIpc) is 2.13. The largest absolute Gasteiger partial charge is 0.394 e. The van der Waals surface area contributed by atoms with Crippen molar-refractivity contribution in [3.05, 3.63) is 0 Å². The number of aliphatic hydroxyl groups excluding tert-OH is 2. The van der Waals surface area contributed by atoms with E-state index in [1.54, 1.807) is 0 Å². The van der Waals surface area contributed by atoms with E-state index in [9.17, 15) is 0 Å². The summed E-state index contributed by atoms with van der Waals surface area (Å²) in [5.74, 6) is 0.169. The molecule has 0 aromatic heterocycles. The third kappa shape index (κ3) is 1.41. The van der Waals surface area contributed by atoms with Crippen LogP contribution in [0.15, 0.2) is 0 Å². The maximum absolute atomic E-state index is 8.97. The van der Waals surface area contributed by atoms with E-state index in [0.29, 0.717) is 0 Å². The highest BCUT2D eigenvalue weighted by atomic mass is 16.6. The van der Waals surface area contributed by atoms with E-state index in [4.69, 9.17) is 14.9 Å². The highest BCUT2D eigenvalue weighted by Crippen LogP contribution is 2.23. The molecule has 3 atom stereocenters. The molecule has 1 heterocycles. The lowest BCUT2D eigenvalue weighted by molar-refractivity contribution is -0.114. The normalized spacial score (nSPS) is 43.7. The third-order valence-corrected chi connectivity index (χ3v) is 1.66. The zero-order chi connectivity index (χ0) is 6.85. The Bertz CT molecular complexity index is 84.3. The van der Waals surface area contributed by atoms with Crippen molar-refractivity contribution in [1.29, 1.82) is 0 Å². The molecule has 9 heavy (non-hydrogen) atoms. The van der Waals surface area contributed by atoms with Crippen molar-refractivity contribution in [2.75, 3.05) is 6.61 Å². The van der Waals surface area contributed by atoms with Crippen LogP contribution in [-0.4, -0.2) is 29.2 Å². The van der Waals surface area contributed by atoms with Gasteiger partial charge in [-0.3, -0.25) is 0 Å². The van der Waals surface area contributed by atoms with Gasteiger partial charge in [-0.2, -0.15) is 0 Å². The van der Waals surface area contributed by atoms with E-state index in [-0.39, 0.29) is 18.6 Å². The fourth-order valence-electron chi connectivity index (χ4n) is 1.04. The van der Waals surface area contributed by atoms with Gasteiger partial charge in [0.1, 0.15) is 0 Å². The first kappa shape index (κ1) is 6.99. The molecule has 0 spiro atoms. The lowest BCUT2D eigenvalue weighted by Gasteiger charge is -2.05. The van der Waals surface area contributed by atoms with Gasteiger partial charge in [-0.05, 0) is 6.42 Å². The number of hydrogen-bond acceptors (Lipinski definition) is 3. The average molecular weight is 132 g/mol. The predicted molar refractivity (Wildman–Crippen MR) is 31.7 cm³/mol. The molecule has 0 aromatic carbocycles. The van der Waals surface area contributed by atoms with Crippen molar-refractivity contribution in [2.45, 2.75) is 25.7 Å². The maximum atomic E-state index is 8.97. The zero-order valence-corrected chi connectivity index (χ0v) is 5.45. The zero-order valence-electron chi connectivity index (χ0n) is 5.45. The summed E-state index contributed by atoms with van der Waals surface area (Å²) < 4.78 is 4.93. The van der Waals surface area contributed by atoms with Gasteiger partial charge in [0.05, 0.1) is 12.7 Å². The molecule has 0 amide bonds. The van der Waals surface area contributed by atoms with Crippen LogP contribution in [0.2, 0.25) is 0 Å². The minimum absolute atomic E-state index is 0.0153. The number of ether oxygens (including phenoxy) is 1.